The van der Waals surface area contributed by atoms with Crippen LogP contribution in [0.5, 0.6) is 0 Å². The van der Waals surface area contributed by atoms with E-state index in [1.807, 2.05) is 6.20 Å². The molecule has 0 aromatic carbocycles. The number of hydrogen-bond acceptors (Lipinski definition) is 2. The molecule has 0 aliphatic carbocycles. The van der Waals surface area contributed by atoms with Crippen LogP contribution in [0.3, 0.4) is 0 Å². The molecule has 2 rings (SSSR count). The third-order valence-corrected chi connectivity index (χ3v) is 2.69. The zero-order chi connectivity index (χ0) is 10.2. The third-order valence-electron chi connectivity index (χ3n) is 2.69. The minimum absolute atomic E-state index is 0.213. The van der Waals surface area contributed by atoms with Gasteiger partial charge in [-0.25, -0.2) is 0 Å². The fourth-order valence-electron chi connectivity index (χ4n) is 1.98. The molecule has 0 unspecified atom stereocenters. The molecule has 2 nitrogen and oxygen atoms in total. The summed E-state index contributed by atoms with van der Waals surface area (Å²) < 4.78 is 5.40. The molecule has 0 amide bonds. The third kappa shape index (κ3) is 1.67. The van der Waals surface area contributed by atoms with Gasteiger partial charge in [-0.15, -0.1) is 0 Å². The van der Waals surface area contributed by atoms with Gasteiger partial charge in [0, 0.05) is 6.20 Å². The molecule has 0 N–H and O–H groups in total. The molecular formula is C12H17NO. The molecule has 2 heteroatoms. The van der Waals surface area contributed by atoms with Gasteiger partial charge in [0.15, 0.2) is 0 Å². The van der Waals surface area contributed by atoms with E-state index in [0.717, 1.165) is 18.7 Å². The van der Waals surface area contributed by atoms with Crippen LogP contribution in [0.1, 0.15) is 37.6 Å². The van der Waals surface area contributed by atoms with E-state index in [4.69, 9.17) is 4.74 Å². The summed E-state index contributed by atoms with van der Waals surface area (Å²) in [5.41, 5.74) is 4.17. The van der Waals surface area contributed by atoms with Gasteiger partial charge in [0.05, 0.1) is 18.9 Å². The molecule has 0 bridgehead atoms. The Bertz CT molecular complexity index is 339. The first kappa shape index (κ1) is 9.66. The summed E-state index contributed by atoms with van der Waals surface area (Å²) >= 11 is 0. The van der Waals surface area contributed by atoms with Gasteiger partial charge >= 0.3 is 0 Å². The highest BCUT2D eigenvalue weighted by molar-refractivity contribution is 5.35. The van der Waals surface area contributed by atoms with Crippen molar-refractivity contribution < 1.29 is 4.74 Å². The molecule has 1 aromatic rings. The van der Waals surface area contributed by atoms with E-state index in [9.17, 15) is 0 Å². The quantitative estimate of drug-likeness (QED) is 0.628. The fourth-order valence-corrected chi connectivity index (χ4v) is 1.98. The Hall–Kier alpha value is -0.890. The Balaban J connectivity index is 2.51. The van der Waals surface area contributed by atoms with Crippen molar-refractivity contribution in [1.82, 2.24) is 4.98 Å². The minimum atomic E-state index is 0.213. The van der Waals surface area contributed by atoms with E-state index in [1.54, 1.807) is 0 Å². The lowest BCUT2D eigenvalue weighted by Crippen LogP contribution is -2.20. The topological polar surface area (TPSA) is 22.1 Å². The van der Waals surface area contributed by atoms with E-state index >= 15 is 0 Å². The van der Waals surface area contributed by atoms with Gasteiger partial charge in [-0.1, -0.05) is 20.8 Å². The van der Waals surface area contributed by atoms with Crippen LogP contribution in [-0.2, 0) is 23.2 Å². The lowest BCUT2D eigenvalue weighted by Gasteiger charge is -2.26. The second-order valence-electron chi connectivity index (χ2n) is 4.84. The van der Waals surface area contributed by atoms with Crippen molar-refractivity contribution in [2.45, 2.75) is 39.2 Å². The van der Waals surface area contributed by atoms with Crippen LogP contribution in [0.25, 0.3) is 0 Å². The Morgan fingerprint density at radius 1 is 1.36 bits per heavy atom. The number of fused-ring (bicyclic) bond motifs is 1. The number of ether oxygens (including phenoxy) is 1. The SMILES string of the molecule is CC(C)(C)c1ccnc2c1CCOC2. The van der Waals surface area contributed by atoms with Crippen LogP contribution in [0.4, 0.5) is 0 Å². The first-order chi connectivity index (χ1) is 6.59. The summed E-state index contributed by atoms with van der Waals surface area (Å²) in [6.07, 6.45) is 2.91. The normalized spacial score (nSPS) is 16.5. The van der Waals surface area contributed by atoms with Crippen LogP contribution < -0.4 is 0 Å². The predicted molar refractivity (Wildman–Crippen MR) is 56.3 cm³/mol. The van der Waals surface area contributed by atoms with Gasteiger partial charge < -0.3 is 4.74 Å². The maximum Gasteiger partial charge on any atom is 0.0890 e. The van der Waals surface area contributed by atoms with E-state index in [0.29, 0.717) is 6.61 Å². The first-order valence-electron chi connectivity index (χ1n) is 5.14. The molecule has 0 spiro atoms. The molecular weight excluding hydrogens is 174 g/mol. The lowest BCUT2D eigenvalue weighted by atomic mass is 9.82. The van der Waals surface area contributed by atoms with Crippen molar-refractivity contribution in [3.8, 4) is 0 Å². The van der Waals surface area contributed by atoms with Gasteiger partial charge in [0.1, 0.15) is 0 Å². The van der Waals surface area contributed by atoms with Crippen LogP contribution in [0.15, 0.2) is 12.3 Å². The van der Waals surface area contributed by atoms with E-state index in [2.05, 4.69) is 31.8 Å². The number of pyridine rings is 1. The van der Waals surface area contributed by atoms with E-state index in [-0.39, 0.29) is 5.41 Å². The molecule has 1 aromatic heterocycles. The van der Waals surface area contributed by atoms with Gasteiger partial charge in [-0.05, 0) is 29.0 Å². The van der Waals surface area contributed by atoms with Crippen molar-refractivity contribution in [2.75, 3.05) is 6.61 Å². The molecule has 0 radical (unpaired) electrons. The standard InChI is InChI=1S/C12H17NO/c1-12(2,3)10-4-6-13-11-8-14-7-5-9(10)11/h4,6H,5,7-8H2,1-3H3. The lowest BCUT2D eigenvalue weighted by molar-refractivity contribution is 0.106. The second-order valence-corrected chi connectivity index (χ2v) is 4.84. The minimum Gasteiger partial charge on any atom is -0.375 e. The predicted octanol–water partition coefficient (Wildman–Crippen LogP) is 2.45. The summed E-state index contributed by atoms with van der Waals surface area (Å²) in [5, 5.41) is 0. The van der Waals surface area contributed by atoms with Crippen LogP contribution in [0.2, 0.25) is 0 Å². The van der Waals surface area contributed by atoms with Crippen LogP contribution >= 0.6 is 0 Å². The maximum absolute atomic E-state index is 5.40. The van der Waals surface area contributed by atoms with Gasteiger partial charge in [0.2, 0.25) is 0 Å². The molecule has 0 fully saturated rings. The van der Waals surface area contributed by atoms with Gasteiger partial charge in [-0.3, -0.25) is 4.98 Å². The second kappa shape index (κ2) is 3.35. The Kier molecular flexibility index (Phi) is 2.31. The molecule has 0 saturated carbocycles. The van der Waals surface area contributed by atoms with Crippen molar-refractivity contribution >= 4 is 0 Å². The summed E-state index contributed by atoms with van der Waals surface area (Å²) in [6, 6.07) is 2.14. The Labute approximate surface area is 85.3 Å². The largest absolute Gasteiger partial charge is 0.375 e. The molecule has 0 atom stereocenters. The Morgan fingerprint density at radius 2 is 2.14 bits per heavy atom. The smallest absolute Gasteiger partial charge is 0.0890 e. The highest BCUT2D eigenvalue weighted by atomic mass is 16.5. The number of nitrogens with zero attached hydrogens (tertiary/aromatic N) is 1. The summed E-state index contributed by atoms with van der Waals surface area (Å²) in [7, 11) is 0. The summed E-state index contributed by atoms with van der Waals surface area (Å²) in [6.45, 7) is 8.26. The van der Waals surface area contributed by atoms with E-state index in [1.165, 1.54) is 11.1 Å². The zero-order valence-electron chi connectivity index (χ0n) is 9.13. The Morgan fingerprint density at radius 3 is 2.86 bits per heavy atom. The molecule has 0 saturated heterocycles. The van der Waals surface area contributed by atoms with Crippen molar-refractivity contribution in [3.63, 3.8) is 0 Å². The van der Waals surface area contributed by atoms with Gasteiger partial charge in [0.25, 0.3) is 0 Å². The molecule has 1 aliphatic rings. The highest BCUT2D eigenvalue weighted by Crippen LogP contribution is 2.29. The monoisotopic (exact) mass is 191 g/mol. The number of hydrogen-bond donors (Lipinski definition) is 0. The number of aromatic nitrogens is 1. The summed E-state index contributed by atoms with van der Waals surface area (Å²) in [5.74, 6) is 0. The molecule has 76 valence electrons. The molecule has 2 heterocycles. The summed E-state index contributed by atoms with van der Waals surface area (Å²) in [4.78, 5) is 4.37. The number of rotatable bonds is 0. The van der Waals surface area contributed by atoms with Crippen molar-refractivity contribution in [2.24, 2.45) is 0 Å². The highest BCUT2D eigenvalue weighted by Gasteiger charge is 2.22. The maximum atomic E-state index is 5.40. The van der Waals surface area contributed by atoms with Crippen LogP contribution in [0, 0.1) is 0 Å². The molecule has 1 aliphatic heterocycles. The zero-order valence-corrected chi connectivity index (χ0v) is 9.13. The first-order valence-corrected chi connectivity index (χ1v) is 5.14. The molecule has 14 heavy (non-hydrogen) atoms. The van der Waals surface area contributed by atoms with E-state index < -0.39 is 0 Å². The van der Waals surface area contributed by atoms with Gasteiger partial charge in [-0.2, -0.15) is 0 Å². The van der Waals surface area contributed by atoms with Crippen LogP contribution in [-0.4, -0.2) is 11.6 Å². The average molecular weight is 191 g/mol. The van der Waals surface area contributed by atoms with Crippen molar-refractivity contribution in [1.29, 1.82) is 0 Å². The average Bonchev–Trinajstić information content (AvgIpc) is 2.15. The fraction of sp³-hybridized carbons (Fsp3) is 0.583. The van der Waals surface area contributed by atoms with Crippen molar-refractivity contribution in [3.05, 3.63) is 29.1 Å².